The fourth-order valence-electron chi connectivity index (χ4n) is 3.61. The molecule has 32 heavy (non-hydrogen) atoms. The smallest absolute Gasteiger partial charge is 0.321 e. The molecule has 1 fully saturated rings. The molecule has 0 spiro atoms. The fraction of sp³-hybridized carbons (Fsp3) is 0.375. The molecule has 0 aromatic heterocycles. The molecule has 0 bridgehead atoms. The number of piperidine rings is 1. The van der Waals surface area contributed by atoms with Gasteiger partial charge in [-0.3, -0.25) is 9.59 Å². The van der Waals surface area contributed by atoms with Crippen LogP contribution in [0.1, 0.15) is 24.0 Å². The van der Waals surface area contributed by atoms with Gasteiger partial charge in [-0.1, -0.05) is 18.2 Å². The van der Waals surface area contributed by atoms with E-state index in [1.54, 1.807) is 30.2 Å². The van der Waals surface area contributed by atoms with E-state index in [9.17, 15) is 14.4 Å². The van der Waals surface area contributed by atoms with E-state index in [1.165, 1.54) is 0 Å². The Hall–Kier alpha value is -3.55. The Kier molecular flexibility index (Phi) is 7.70. The van der Waals surface area contributed by atoms with Gasteiger partial charge in [0.05, 0.1) is 12.8 Å². The molecule has 3 N–H and O–H groups in total. The lowest BCUT2D eigenvalue weighted by atomic mass is 9.97. The molecule has 170 valence electrons. The van der Waals surface area contributed by atoms with Crippen molar-refractivity contribution in [3.63, 3.8) is 0 Å². The van der Waals surface area contributed by atoms with Gasteiger partial charge >= 0.3 is 17.8 Å². The maximum atomic E-state index is 12.6. The number of methoxy groups -OCH3 is 1. The summed E-state index contributed by atoms with van der Waals surface area (Å²) in [6.07, 6.45) is 1.50. The highest BCUT2D eigenvalue weighted by Gasteiger charge is 2.24. The molecule has 3 rings (SSSR count). The molecular weight excluding hydrogens is 408 g/mol. The monoisotopic (exact) mass is 438 g/mol. The molecular formula is C24H30N4O4. The molecule has 1 aliphatic heterocycles. The molecule has 0 atom stereocenters. The zero-order chi connectivity index (χ0) is 23.1. The predicted octanol–water partition coefficient (Wildman–Crippen LogP) is 3.31. The van der Waals surface area contributed by atoms with Crippen LogP contribution in [0.25, 0.3) is 0 Å². The lowest BCUT2D eigenvalue weighted by Gasteiger charge is -2.32. The lowest BCUT2D eigenvalue weighted by molar-refractivity contribution is -0.136. The normalized spacial score (nSPS) is 13.9. The number of nitrogens with zero attached hydrogens (tertiary/aromatic N) is 1. The van der Waals surface area contributed by atoms with Crippen LogP contribution in [0.2, 0.25) is 0 Å². The largest absolute Gasteiger partial charge is 0.495 e. The molecule has 1 heterocycles. The molecule has 2 aromatic carbocycles. The Morgan fingerprint density at radius 2 is 1.69 bits per heavy atom. The van der Waals surface area contributed by atoms with Crippen molar-refractivity contribution >= 4 is 29.2 Å². The molecule has 1 aliphatic rings. The minimum atomic E-state index is -0.679. The van der Waals surface area contributed by atoms with E-state index >= 15 is 0 Å². The summed E-state index contributed by atoms with van der Waals surface area (Å²) in [5, 5.41) is 8.22. The van der Waals surface area contributed by atoms with Crippen molar-refractivity contribution in [3.05, 3.63) is 53.6 Å². The van der Waals surface area contributed by atoms with Gasteiger partial charge in [0.15, 0.2) is 0 Å². The number of hydrogen-bond donors (Lipinski definition) is 3. The van der Waals surface area contributed by atoms with Gasteiger partial charge < -0.3 is 25.6 Å². The van der Waals surface area contributed by atoms with Gasteiger partial charge in [0, 0.05) is 25.3 Å². The summed E-state index contributed by atoms with van der Waals surface area (Å²) >= 11 is 0. The van der Waals surface area contributed by atoms with Crippen LogP contribution in [-0.4, -0.2) is 49.5 Å². The van der Waals surface area contributed by atoms with Gasteiger partial charge in [0.1, 0.15) is 5.75 Å². The van der Waals surface area contributed by atoms with E-state index in [-0.39, 0.29) is 11.9 Å². The van der Waals surface area contributed by atoms with Crippen LogP contribution in [0.3, 0.4) is 0 Å². The molecule has 8 heteroatoms. The molecule has 1 saturated heterocycles. The second-order valence-corrected chi connectivity index (χ2v) is 8.02. The zero-order valence-corrected chi connectivity index (χ0v) is 18.7. The Morgan fingerprint density at radius 3 is 2.38 bits per heavy atom. The van der Waals surface area contributed by atoms with Crippen LogP contribution in [0.15, 0.2) is 42.5 Å². The third-order valence-corrected chi connectivity index (χ3v) is 5.77. The number of hydrogen-bond acceptors (Lipinski definition) is 4. The average Bonchev–Trinajstić information content (AvgIpc) is 2.80. The van der Waals surface area contributed by atoms with E-state index in [0.717, 1.165) is 24.0 Å². The van der Waals surface area contributed by atoms with E-state index in [0.29, 0.717) is 36.8 Å². The van der Waals surface area contributed by atoms with Crippen molar-refractivity contribution in [2.24, 2.45) is 5.92 Å². The number of rotatable bonds is 5. The molecule has 0 unspecified atom stereocenters. The number of carbonyl (C=O) groups excluding carboxylic acids is 3. The first-order valence-electron chi connectivity index (χ1n) is 10.7. The van der Waals surface area contributed by atoms with Gasteiger partial charge in [-0.2, -0.15) is 0 Å². The molecule has 2 aromatic rings. The average molecular weight is 439 g/mol. The van der Waals surface area contributed by atoms with Crippen molar-refractivity contribution in [2.75, 3.05) is 37.4 Å². The summed E-state index contributed by atoms with van der Waals surface area (Å²) < 4.78 is 5.27. The minimum absolute atomic E-state index is 0.176. The molecule has 8 nitrogen and oxygen atoms in total. The second kappa shape index (κ2) is 10.7. The van der Waals surface area contributed by atoms with E-state index in [2.05, 4.69) is 16.0 Å². The van der Waals surface area contributed by atoms with Gasteiger partial charge in [-0.05, 0) is 68.0 Å². The molecule has 4 amide bonds. The van der Waals surface area contributed by atoms with Gasteiger partial charge in [0.25, 0.3) is 0 Å². The maximum absolute atomic E-state index is 12.6. The van der Waals surface area contributed by atoms with Crippen molar-refractivity contribution in [3.8, 4) is 5.75 Å². The highest BCUT2D eigenvalue weighted by Crippen LogP contribution is 2.24. The van der Waals surface area contributed by atoms with Crippen molar-refractivity contribution < 1.29 is 19.1 Å². The summed E-state index contributed by atoms with van der Waals surface area (Å²) in [7, 11) is 1.56. The van der Waals surface area contributed by atoms with Crippen LogP contribution in [0, 0.1) is 19.8 Å². The number of carbonyl (C=O) groups is 3. The third kappa shape index (κ3) is 6.00. The number of anilines is 2. The SMILES string of the molecule is COc1ccccc1NC(=O)N1CCC(CNC(=O)C(=O)Nc2ccc(C)c(C)c2)CC1. The number of benzene rings is 2. The Labute approximate surface area is 188 Å². The molecule has 0 radical (unpaired) electrons. The maximum Gasteiger partial charge on any atom is 0.321 e. The summed E-state index contributed by atoms with van der Waals surface area (Å²) in [6, 6.07) is 12.6. The minimum Gasteiger partial charge on any atom is -0.495 e. The number of amides is 4. The summed E-state index contributed by atoms with van der Waals surface area (Å²) in [5.74, 6) is -0.511. The van der Waals surface area contributed by atoms with E-state index < -0.39 is 11.8 Å². The Morgan fingerprint density at radius 1 is 0.969 bits per heavy atom. The van der Waals surface area contributed by atoms with Gasteiger partial charge in [-0.25, -0.2) is 4.79 Å². The Bertz CT molecular complexity index is 984. The first-order chi connectivity index (χ1) is 15.4. The quantitative estimate of drug-likeness (QED) is 0.624. The highest BCUT2D eigenvalue weighted by molar-refractivity contribution is 6.39. The van der Waals surface area contributed by atoms with Gasteiger partial charge in [0.2, 0.25) is 0 Å². The summed E-state index contributed by atoms with van der Waals surface area (Å²) in [5.41, 5.74) is 3.40. The first-order valence-corrected chi connectivity index (χ1v) is 10.7. The summed E-state index contributed by atoms with van der Waals surface area (Å²) in [4.78, 5) is 38.6. The molecule has 0 saturated carbocycles. The van der Waals surface area contributed by atoms with Crippen molar-refractivity contribution in [2.45, 2.75) is 26.7 Å². The fourth-order valence-corrected chi connectivity index (χ4v) is 3.61. The van der Waals surface area contributed by atoms with E-state index in [4.69, 9.17) is 4.74 Å². The third-order valence-electron chi connectivity index (χ3n) is 5.77. The van der Waals surface area contributed by atoms with Crippen molar-refractivity contribution in [1.82, 2.24) is 10.2 Å². The topological polar surface area (TPSA) is 99.8 Å². The number of ether oxygens (including phenoxy) is 1. The van der Waals surface area contributed by atoms with Crippen LogP contribution in [-0.2, 0) is 9.59 Å². The standard InChI is InChI=1S/C24H30N4O4/c1-16-8-9-19(14-17(16)2)26-23(30)22(29)25-15-18-10-12-28(13-11-18)24(31)27-20-6-4-5-7-21(20)32-3/h4-9,14,18H,10-13,15H2,1-3H3,(H,25,29)(H,26,30)(H,27,31). The lowest BCUT2D eigenvalue weighted by Crippen LogP contribution is -2.44. The van der Waals surface area contributed by atoms with Crippen LogP contribution >= 0.6 is 0 Å². The number of aryl methyl sites for hydroxylation is 2. The molecule has 0 aliphatic carbocycles. The number of likely N-dealkylation sites (tertiary alicyclic amines) is 1. The number of para-hydroxylation sites is 2. The van der Waals surface area contributed by atoms with Crippen LogP contribution in [0.5, 0.6) is 5.75 Å². The predicted molar refractivity (Wildman–Crippen MR) is 124 cm³/mol. The first kappa shape index (κ1) is 23.1. The zero-order valence-electron chi connectivity index (χ0n) is 18.7. The van der Waals surface area contributed by atoms with E-state index in [1.807, 2.05) is 38.1 Å². The Balaban J connectivity index is 1.41. The van der Waals surface area contributed by atoms with Crippen molar-refractivity contribution in [1.29, 1.82) is 0 Å². The van der Waals surface area contributed by atoms with Gasteiger partial charge in [-0.15, -0.1) is 0 Å². The van der Waals surface area contributed by atoms with Crippen LogP contribution in [0.4, 0.5) is 16.2 Å². The van der Waals surface area contributed by atoms with Crippen LogP contribution < -0.4 is 20.7 Å². The summed E-state index contributed by atoms with van der Waals surface area (Å²) in [6.45, 7) is 5.50. The highest BCUT2D eigenvalue weighted by atomic mass is 16.5. The number of nitrogens with one attached hydrogen (secondary N) is 3. The number of urea groups is 1. The second-order valence-electron chi connectivity index (χ2n) is 8.02.